The molecule has 1 aromatic rings. The first kappa shape index (κ1) is 13.7. The normalized spacial score (nSPS) is 10.2. The Kier molecular flexibility index (Phi) is 6.33. The molecule has 0 fully saturated rings. The fourth-order valence-corrected chi connectivity index (χ4v) is 1.54. The molecular weight excluding hydrogens is 214 g/mol. The summed E-state index contributed by atoms with van der Waals surface area (Å²) in [5.41, 5.74) is 1.28. The standard InChI is InChI=1S/C14H21NO2/c1-3-17-14-6-4-13(5-7-14)9-11-15-10-8-12(2)16/h4-7,15H,3,8-11H2,1-2H3. The van der Waals surface area contributed by atoms with E-state index in [1.807, 2.05) is 19.1 Å². The molecule has 0 aliphatic carbocycles. The largest absolute Gasteiger partial charge is 0.494 e. The Balaban J connectivity index is 2.20. The zero-order chi connectivity index (χ0) is 12.5. The molecule has 0 spiro atoms. The molecule has 0 aliphatic rings. The number of carbonyl (C=O) groups excluding carboxylic acids is 1. The highest BCUT2D eigenvalue weighted by molar-refractivity contribution is 5.75. The lowest BCUT2D eigenvalue weighted by Crippen LogP contribution is -2.20. The number of ketones is 1. The summed E-state index contributed by atoms with van der Waals surface area (Å²) in [6.07, 6.45) is 1.59. The van der Waals surface area contributed by atoms with Crippen molar-refractivity contribution in [2.75, 3.05) is 19.7 Å². The number of carbonyl (C=O) groups is 1. The average molecular weight is 235 g/mol. The molecular formula is C14H21NO2. The Morgan fingerprint density at radius 2 is 1.94 bits per heavy atom. The average Bonchev–Trinajstić information content (AvgIpc) is 2.31. The van der Waals surface area contributed by atoms with E-state index in [1.54, 1.807) is 6.92 Å². The predicted octanol–water partition coefficient (Wildman–Crippen LogP) is 2.20. The quantitative estimate of drug-likeness (QED) is 0.702. The van der Waals surface area contributed by atoms with E-state index < -0.39 is 0 Å². The molecule has 0 bridgehead atoms. The molecule has 1 aromatic carbocycles. The summed E-state index contributed by atoms with van der Waals surface area (Å²) < 4.78 is 5.38. The molecule has 0 heterocycles. The van der Waals surface area contributed by atoms with Crippen molar-refractivity contribution in [3.63, 3.8) is 0 Å². The second-order valence-electron chi connectivity index (χ2n) is 4.03. The maximum atomic E-state index is 10.7. The zero-order valence-electron chi connectivity index (χ0n) is 10.7. The topological polar surface area (TPSA) is 38.3 Å². The summed E-state index contributed by atoms with van der Waals surface area (Å²) in [5.74, 6) is 1.15. The van der Waals surface area contributed by atoms with Gasteiger partial charge in [-0.3, -0.25) is 4.79 Å². The van der Waals surface area contributed by atoms with E-state index >= 15 is 0 Å². The number of hydrogen-bond donors (Lipinski definition) is 1. The Labute approximate surface area is 103 Å². The summed E-state index contributed by atoms with van der Waals surface area (Å²) in [6, 6.07) is 8.15. The van der Waals surface area contributed by atoms with Crippen LogP contribution in [0.4, 0.5) is 0 Å². The van der Waals surface area contributed by atoms with Crippen LogP contribution in [0.25, 0.3) is 0 Å². The lowest BCUT2D eigenvalue weighted by molar-refractivity contribution is -0.116. The van der Waals surface area contributed by atoms with Crippen molar-refractivity contribution >= 4 is 5.78 Å². The van der Waals surface area contributed by atoms with Crippen LogP contribution in [0, 0.1) is 0 Å². The van der Waals surface area contributed by atoms with Crippen LogP contribution in [0.15, 0.2) is 24.3 Å². The Morgan fingerprint density at radius 3 is 2.53 bits per heavy atom. The van der Waals surface area contributed by atoms with Gasteiger partial charge in [0.05, 0.1) is 6.61 Å². The van der Waals surface area contributed by atoms with Gasteiger partial charge in [-0.2, -0.15) is 0 Å². The van der Waals surface area contributed by atoms with Crippen molar-refractivity contribution in [2.45, 2.75) is 26.7 Å². The van der Waals surface area contributed by atoms with E-state index in [1.165, 1.54) is 5.56 Å². The fourth-order valence-electron chi connectivity index (χ4n) is 1.54. The van der Waals surface area contributed by atoms with Crippen molar-refractivity contribution in [1.29, 1.82) is 0 Å². The summed E-state index contributed by atoms with van der Waals surface area (Å²) in [6.45, 7) is 5.97. The molecule has 0 aliphatic heterocycles. The van der Waals surface area contributed by atoms with Gasteiger partial charge >= 0.3 is 0 Å². The molecule has 3 nitrogen and oxygen atoms in total. The van der Waals surface area contributed by atoms with Crippen LogP contribution in [0.2, 0.25) is 0 Å². The third-order valence-corrected chi connectivity index (χ3v) is 2.48. The second kappa shape index (κ2) is 7.85. The van der Waals surface area contributed by atoms with Gasteiger partial charge in [0.25, 0.3) is 0 Å². The number of ether oxygens (including phenoxy) is 1. The maximum absolute atomic E-state index is 10.7. The molecule has 0 aromatic heterocycles. The zero-order valence-corrected chi connectivity index (χ0v) is 10.7. The number of nitrogens with one attached hydrogen (secondary N) is 1. The van der Waals surface area contributed by atoms with Crippen molar-refractivity contribution in [3.8, 4) is 5.75 Å². The van der Waals surface area contributed by atoms with E-state index in [0.29, 0.717) is 13.0 Å². The van der Waals surface area contributed by atoms with Crippen LogP contribution in [0.1, 0.15) is 25.8 Å². The van der Waals surface area contributed by atoms with Crippen molar-refractivity contribution in [3.05, 3.63) is 29.8 Å². The summed E-state index contributed by atoms with van der Waals surface area (Å²) >= 11 is 0. The number of benzene rings is 1. The van der Waals surface area contributed by atoms with E-state index in [4.69, 9.17) is 4.74 Å². The first-order valence-electron chi connectivity index (χ1n) is 6.14. The minimum absolute atomic E-state index is 0.235. The number of hydrogen-bond acceptors (Lipinski definition) is 3. The molecule has 1 rings (SSSR count). The molecule has 17 heavy (non-hydrogen) atoms. The third kappa shape index (κ3) is 6.07. The Hall–Kier alpha value is -1.35. The van der Waals surface area contributed by atoms with Crippen LogP contribution >= 0.6 is 0 Å². The summed E-state index contributed by atoms with van der Waals surface area (Å²) in [5, 5.41) is 3.25. The second-order valence-corrected chi connectivity index (χ2v) is 4.03. The molecule has 0 radical (unpaired) electrons. The molecule has 1 N–H and O–H groups in total. The molecule has 3 heteroatoms. The molecule has 94 valence electrons. The summed E-state index contributed by atoms with van der Waals surface area (Å²) in [7, 11) is 0. The van der Waals surface area contributed by atoms with Crippen LogP contribution in [0.3, 0.4) is 0 Å². The lowest BCUT2D eigenvalue weighted by atomic mass is 10.1. The van der Waals surface area contributed by atoms with Crippen molar-refractivity contribution < 1.29 is 9.53 Å². The molecule has 0 unspecified atom stereocenters. The SMILES string of the molecule is CCOc1ccc(CCNCCC(C)=O)cc1. The van der Waals surface area contributed by atoms with Crippen molar-refractivity contribution in [1.82, 2.24) is 5.32 Å². The first-order chi connectivity index (χ1) is 8.22. The minimum atomic E-state index is 0.235. The van der Waals surface area contributed by atoms with Gasteiger partial charge in [0, 0.05) is 13.0 Å². The molecule has 0 amide bonds. The van der Waals surface area contributed by atoms with Crippen LogP contribution in [-0.2, 0) is 11.2 Å². The highest BCUT2D eigenvalue weighted by atomic mass is 16.5. The van der Waals surface area contributed by atoms with Gasteiger partial charge in [0.1, 0.15) is 11.5 Å². The van der Waals surface area contributed by atoms with E-state index in [9.17, 15) is 4.79 Å². The Bertz CT molecular complexity index is 333. The minimum Gasteiger partial charge on any atom is -0.494 e. The smallest absolute Gasteiger partial charge is 0.131 e. The molecule has 0 atom stereocenters. The van der Waals surface area contributed by atoms with Gasteiger partial charge in [0.15, 0.2) is 0 Å². The fraction of sp³-hybridized carbons (Fsp3) is 0.500. The number of Topliss-reactive ketones (excluding diaryl/α,β-unsaturated/α-hetero) is 1. The first-order valence-corrected chi connectivity index (χ1v) is 6.14. The highest BCUT2D eigenvalue weighted by Crippen LogP contribution is 2.12. The van der Waals surface area contributed by atoms with Gasteiger partial charge in [0.2, 0.25) is 0 Å². The van der Waals surface area contributed by atoms with Gasteiger partial charge in [-0.1, -0.05) is 12.1 Å². The Morgan fingerprint density at radius 1 is 1.24 bits per heavy atom. The van der Waals surface area contributed by atoms with E-state index in [0.717, 1.165) is 25.3 Å². The third-order valence-electron chi connectivity index (χ3n) is 2.48. The maximum Gasteiger partial charge on any atom is 0.131 e. The van der Waals surface area contributed by atoms with Crippen molar-refractivity contribution in [2.24, 2.45) is 0 Å². The monoisotopic (exact) mass is 235 g/mol. The van der Waals surface area contributed by atoms with Gasteiger partial charge in [-0.15, -0.1) is 0 Å². The molecule has 0 saturated heterocycles. The highest BCUT2D eigenvalue weighted by Gasteiger charge is 1.96. The summed E-state index contributed by atoms with van der Waals surface area (Å²) in [4.78, 5) is 10.7. The van der Waals surface area contributed by atoms with Crippen LogP contribution in [0.5, 0.6) is 5.75 Å². The van der Waals surface area contributed by atoms with Gasteiger partial charge in [-0.05, 0) is 44.5 Å². The predicted molar refractivity (Wildman–Crippen MR) is 69.5 cm³/mol. The molecule has 0 saturated carbocycles. The van der Waals surface area contributed by atoms with Gasteiger partial charge < -0.3 is 10.1 Å². The van der Waals surface area contributed by atoms with Crippen LogP contribution < -0.4 is 10.1 Å². The van der Waals surface area contributed by atoms with Gasteiger partial charge in [-0.25, -0.2) is 0 Å². The van der Waals surface area contributed by atoms with E-state index in [-0.39, 0.29) is 5.78 Å². The number of rotatable bonds is 8. The van der Waals surface area contributed by atoms with Crippen LogP contribution in [-0.4, -0.2) is 25.5 Å². The lowest BCUT2D eigenvalue weighted by Gasteiger charge is -2.06. The van der Waals surface area contributed by atoms with E-state index in [2.05, 4.69) is 17.4 Å².